The number of nitro groups is 1. The molecule has 2 aromatic carbocycles. The van der Waals surface area contributed by atoms with E-state index in [1.54, 1.807) is 12.1 Å². The van der Waals surface area contributed by atoms with E-state index in [1.807, 2.05) is 13.0 Å². The first-order valence-electron chi connectivity index (χ1n) is 8.07. The number of aryl methyl sites for hydroxylation is 1. The Balaban J connectivity index is 1.75. The highest BCUT2D eigenvalue weighted by molar-refractivity contribution is 9.10. The molecule has 1 aliphatic heterocycles. The maximum atomic E-state index is 13.5. The fourth-order valence-electron chi connectivity index (χ4n) is 2.91. The molecule has 2 amide bonds. The molecule has 9 heteroatoms. The van der Waals surface area contributed by atoms with Gasteiger partial charge in [-0.05, 0) is 42.8 Å². The molecule has 1 fully saturated rings. The minimum absolute atomic E-state index is 0.0213. The lowest BCUT2D eigenvalue weighted by Gasteiger charge is -2.17. The lowest BCUT2D eigenvalue weighted by atomic mass is 10.1. The van der Waals surface area contributed by atoms with Gasteiger partial charge in [0.25, 0.3) is 0 Å². The molecular formula is C18H15BrFN3O4. The van der Waals surface area contributed by atoms with E-state index in [-0.39, 0.29) is 30.5 Å². The molecule has 0 saturated carbocycles. The molecular weight excluding hydrogens is 421 g/mol. The van der Waals surface area contributed by atoms with Gasteiger partial charge in [-0.1, -0.05) is 15.9 Å². The van der Waals surface area contributed by atoms with E-state index < -0.39 is 22.3 Å². The number of amides is 2. The second-order valence-corrected chi connectivity index (χ2v) is 7.11. The number of rotatable bonds is 4. The fourth-order valence-corrected chi connectivity index (χ4v) is 3.15. The third kappa shape index (κ3) is 3.97. The third-order valence-corrected chi connectivity index (χ3v) is 5.25. The summed E-state index contributed by atoms with van der Waals surface area (Å²) in [5.74, 6) is -2.24. The first-order valence-corrected chi connectivity index (χ1v) is 8.87. The van der Waals surface area contributed by atoms with Gasteiger partial charge in [-0.25, -0.2) is 0 Å². The summed E-state index contributed by atoms with van der Waals surface area (Å²) in [7, 11) is 0. The van der Waals surface area contributed by atoms with Crippen molar-refractivity contribution in [3.8, 4) is 0 Å². The van der Waals surface area contributed by atoms with E-state index in [9.17, 15) is 24.1 Å². The smallest absolute Gasteiger partial charge is 0.306 e. The summed E-state index contributed by atoms with van der Waals surface area (Å²) >= 11 is 3.39. The number of benzene rings is 2. The molecule has 1 atom stereocenters. The Morgan fingerprint density at radius 3 is 2.74 bits per heavy atom. The summed E-state index contributed by atoms with van der Waals surface area (Å²) < 4.78 is 14.4. The maximum Gasteiger partial charge on any atom is 0.306 e. The largest absolute Gasteiger partial charge is 0.326 e. The van der Waals surface area contributed by atoms with Crippen LogP contribution < -0.4 is 10.2 Å². The zero-order valence-corrected chi connectivity index (χ0v) is 15.8. The number of hydrogen-bond donors (Lipinski definition) is 1. The van der Waals surface area contributed by atoms with Gasteiger partial charge in [0, 0.05) is 29.2 Å². The van der Waals surface area contributed by atoms with Gasteiger partial charge >= 0.3 is 5.69 Å². The zero-order valence-electron chi connectivity index (χ0n) is 14.2. The SMILES string of the molecule is Cc1cc(NC(=O)C2CC(=O)N(c3ccc(F)c([N+](=O)[O-])c3)C2)ccc1Br. The normalized spacial score (nSPS) is 16.5. The quantitative estimate of drug-likeness (QED) is 0.583. The molecule has 0 bridgehead atoms. The molecule has 1 saturated heterocycles. The van der Waals surface area contributed by atoms with Gasteiger partial charge in [0.1, 0.15) is 0 Å². The third-order valence-electron chi connectivity index (χ3n) is 4.36. The fraction of sp³-hybridized carbons (Fsp3) is 0.222. The monoisotopic (exact) mass is 435 g/mol. The van der Waals surface area contributed by atoms with Crippen LogP contribution in [-0.4, -0.2) is 23.3 Å². The van der Waals surface area contributed by atoms with Crippen LogP contribution in [-0.2, 0) is 9.59 Å². The Bertz CT molecular complexity index is 950. The van der Waals surface area contributed by atoms with Crippen molar-refractivity contribution in [1.29, 1.82) is 0 Å². The van der Waals surface area contributed by atoms with Crippen LogP contribution >= 0.6 is 15.9 Å². The first-order chi connectivity index (χ1) is 12.8. The van der Waals surface area contributed by atoms with E-state index in [0.717, 1.165) is 22.2 Å². The minimum Gasteiger partial charge on any atom is -0.326 e. The van der Waals surface area contributed by atoms with Gasteiger partial charge in [-0.15, -0.1) is 0 Å². The number of nitrogens with one attached hydrogen (secondary N) is 1. The van der Waals surface area contributed by atoms with E-state index in [0.29, 0.717) is 5.69 Å². The topological polar surface area (TPSA) is 92.6 Å². The van der Waals surface area contributed by atoms with Gasteiger partial charge < -0.3 is 10.2 Å². The predicted molar refractivity (Wildman–Crippen MR) is 101 cm³/mol. The number of nitro benzene ring substituents is 1. The van der Waals surface area contributed by atoms with E-state index in [2.05, 4.69) is 21.2 Å². The average Bonchev–Trinajstić information content (AvgIpc) is 3.00. The average molecular weight is 436 g/mol. The summed E-state index contributed by atoms with van der Waals surface area (Å²) in [6, 6.07) is 8.60. The van der Waals surface area contributed by atoms with Gasteiger partial charge in [-0.2, -0.15) is 4.39 Å². The summed E-state index contributed by atoms with van der Waals surface area (Å²) in [5.41, 5.74) is 1.06. The van der Waals surface area contributed by atoms with Crippen LogP contribution in [0.2, 0.25) is 0 Å². The van der Waals surface area contributed by atoms with Crippen molar-refractivity contribution in [3.63, 3.8) is 0 Å². The molecule has 140 valence electrons. The molecule has 7 nitrogen and oxygen atoms in total. The van der Waals surface area contributed by atoms with Crippen molar-refractivity contribution < 1.29 is 18.9 Å². The van der Waals surface area contributed by atoms with E-state index >= 15 is 0 Å². The van der Waals surface area contributed by atoms with Crippen LogP contribution in [0.4, 0.5) is 21.5 Å². The first kappa shape index (κ1) is 19.0. The zero-order chi connectivity index (χ0) is 19.7. The number of hydrogen-bond acceptors (Lipinski definition) is 4. The van der Waals surface area contributed by atoms with E-state index in [1.165, 1.54) is 11.0 Å². The number of carbonyl (C=O) groups excluding carboxylic acids is 2. The highest BCUT2D eigenvalue weighted by atomic mass is 79.9. The molecule has 0 aromatic heterocycles. The summed E-state index contributed by atoms with van der Waals surface area (Å²) in [6.07, 6.45) is -0.0213. The number of nitrogens with zero attached hydrogens (tertiary/aromatic N) is 2. The molecule has 2 aromatic rings. The Labute approximate surface area is 162 Å². The molecule has 0 aliphatic carbocycles. The molecule has 27 heavy (non-hydrogen) atoms. The molecule has 0 radical (unpaired) electrons. The van der Waals surface area contributed by atoms with Crippen molar-refractivity contribution in [2.24, 2.45) is 5.92 Å². The number of carbonyl (C=O) groups is 2. The lowest BCUT2D eigenvalue weighted by Crippen LogP contribution is -2.28. The van der Waals surface area contributed by atoms with Crippen molar-refractivity contribution in [2.45, 2.75) is 13.3 Å². The number of halogens is 2. The van der Waals surface area contributed by atoms with Crippen molar-refractivity contribution in [2.75, 3.05) is 16.8 Å². The van der Waals surface area contributed by atoms with E-state index in [4.69, 9.17) is 0 Å². The minimum atomic E-state index is -0.977. The van der Waals surface area contributed by atoms with Gasteiger partial charge in [0.2, 0.25) is 17.6 Å². The Kier molecular flexibility index (Phi) is 5.22. The lowest BCUT2D eigenvalue weighted by molar-refractivity contribution is -0.387. The summed E-state index contributed by atoms with van der Waals surface area (Å²) in [5, 5.41) is 13.7. The Morgan fingerprint density at radius 2 is 2.07 bits per heavy atom. The maximum absolute atomic E-state index is 13.5. The second-order valence-electron chi connectivity index (χ2n) is 6.25. The molecule has 1 heterocycles. The van der Waals surface area contributed by atoms with Crippen LogP contribution in [0.5, 0.6) is 0 Å². The van der Waals surface area contributed by atoms with Crippen LogP contribution in [0.1, 0.15) is 12.0 Å². The number of anilines is 2. The molecule has 1 unspecified atom stereocenters. The highest BCUT2D eigenvalue weighted by Gasteiger charge is 2.36. The highest BCUT2D eigenvalue weighted by Crippen LogP contribution is 2.30. The van der Waals surface area contributed by atoms with Crippen LogP contribution in [0.3, 0.4) is 0 Å². The molecule has 0 spiro atoms. The van der Waals surface area contributed by atoms with Gasteiger partial charge in [-0.3, -0.25) is 19.7 Å². The van der Waals surface area contributed by atoms with Gasteiger partial charge in [0.05, 0.1) is 16.5 Å². The molecule has 3 rings (SSSR count). The Morgan fingerprint density at radius 1 is 1.33 bits per heavy atom. The Hall–Kier alpha value is -2.81. The molecule has 1 N–H and O–H groups in total. The summed E-state index contributed by atoms with van der Waals surface area (Å²) in [6.45, 7) is 1.96. The van der Waals surface area contributed by atoms with Crippen LogP contribution in [0.15, 0.2) is 40.9 Å². The van der Waals surface area contributed by atoms with Crippen molar-refractivity contribution >= 4 is 44.8 Å². The van der Waals surface area contributed by atoms with Crippen molar-refractivity contribution in [3.05, 3.63) is 62.4 Å². The van der Waals surface area contributed by atoms with Crippen molar-refractivity contribution in [1.82, 2.24) is 0 Å². The standard InChI is InChI=1S/C18H15BrFN3O4/c1-10-6-12(2-4-14(10)19)21-18(25)11-7-17(24)22(9-11)13-3-5-15(20)16(8-13)23(26)27/h2-6,8,11H,7,9H2,1H3,(H,21,25). The van der Waals surface area contributed by atoms with Crippen LogP contribution in [0.25, 0.3) is 0 Å². The predicted octanol–water partition coefficient (Wildman–Crippen LogP) is 3.80. The molecule has 1 aliphatic rings. The summed E-state index contributed by atoms with van der Waals surface area (Å²) in [4.78, 5) is 36.1. The second kappa shape index (κ2) is 7.43. The van der Waals surface area contributed by atoms with Crippen LogP contribution in [0, 0.1) is 28.8 Å². The van der Waals surface area contributed by atoms with Gasteiger partial charge in [0.15, 0.2) is 0 Å².